The maximum atomic E-state index is 12.8. The number of esters is 1. The van der Waals surface area contributed by atoms with Crippen molar-refractivity contribution in [3.8, 4) is 11.6 Å². The largest absolute Gasteiger partial charge is 0.538 e. The number of nitrogens with one attached hydrogen (secondary N) is 1. The number of carbonyl (C=O) groups is 3. The lowest BCUT2D eigenvalue weighted by molar-refractivity contribution is -0.705. The Morgan fingerprint density at radius 1 is 1.32 bits per heavy atom. The summed E-state index contributed by atoms with van der Waals surface area (Å²) in [5, 5.41) is 19.2. The first-order chi connectivity index (χ1) is 16.3. The van der Waals surface area contributed by atoms with Gasteiger partial charge in [0.2, 0.25) is 17.5 Å². The van der Waals surface area contributed by atoms with Crippen LogP contribution in [0.3, 0.4) is 0 Å². The first-order valence-electron chi connectivity index (χ1n) is 10.4. The standard InChI is InChI=1S/C22H22N4O6S2/c1-12-4-6-14(7-5-12)26-20(22(30)32-24-26)33-11-17(28)23-19-18(21(29)31-3)15-8-9-25(13(2)27)10-16(15)34-19/h4-7H,8-11H2,1-3H3,(H-,23,24,28,29,30). The summed E-state index contributed by atoms with van der Waals surface area (Å²) in [6.07, 6.45) is 0.497. The maximum absolute atomic E-state index is 12.8. The molecule has 0 saturated carbocycles. The van der Waals surface area contributed by atoms with E-state index in [4.69, 9.17) is 9.26 Å². The lowest BCUT2D eigenvalue weighted by Crippen LogP contribution is -2.35. The Labute approximate surface area is 203 Å². The van der Waals surface area contributed by atoms with Crippen LogP contribution in [0.15, 0.2) is 33.8 Å². The second kappa shape index (κ2) is 9.85. The van der Waals surface area contributed by atoms with Crippen molar-refractivity contribution in [2.45, 2.75) is 31.8 Å². The fraction of sp³-hybridized carbons (Fsp3) is 0.318. The van der Waals surface area contributed by atoms with Gasteiger partial charge >= 0.3 is 5.97 Å². The zero-order valence-corrected chi connectivity index (χ0v) is 20.4. The van der Waals surface area contributed by atoms with Gasteiger partial charge in [0.25, 0.3) is 5.03 Å². The van der Waals surface area contributed by atoms with Crippen LogP contribution in [0.4, 0.5) is 5.00 Å². The molecule has 4 rings (SSSR count). The van der Waals surface area contributed by atoms with Crippen molar-refractivity contribution in [3.05, 3.63) is 45.8 Å². The van der Waals surface area contributed by atoms with Crippen LogP contribution in [-0.2, 0) is 27.3 Å². The molecule has 1 aliphatic rings. The molecule has 2 amide bonds. The molecule has 0 aliphatic carbocycles. The monoisotopic (exact) mass is 502 g/mol. The predicted molar refractivity (Wildman–Crippen MR) is 122 cm³/mol. The van der Waals surface area contributed by atoms with Gasteiger partial charge in [0.15, 0.2) is 5.95 Å². The minimum Gasteiger partial charge on any atom is -0.538 e. The highest BCUT2D eigenvalue weighted by Gasteiger charge is 2.30. The summed E-state index contributed by atoms with van der Waals surface area (Å²) in [5.41, 5.74) is 2.78. The molecule has 1 aromatic carbocycles. The molecular weight excluding hydrogens is 480 g/mol. The van der Waals surface area contributed by atoms with E-state index in [0.717, 1.165) is 27.8 Å². The van der Waals surface area contributed by atoms with Gasteiger partial charge in [-0.3, -0.25) is 9.59 Å². The van der Waals surface area contributed by atoms with E-state index in [9.17, 15) is 19.5 Å². The van der Waals surface area contributed by atoms with E-state index in [0.29, 0.717) is 35.8 Å². The number of fused-ring (bicyclic) bond motifs is 1. The van der Waals surface area contributed by atoms with E-state index in [2.05, 4.69) is 10.6 Å². The van der Waals surface area contributed by atoms with Crippen molar-refractivity contribution in [3.63, 3.8) is 0 Å². The minimum atomic E-state index is -0.649. The number of carbonyl (C=O) groups excluding carboxylic acids is 3. The van der Waals surface area contributed by atoms with Crippen LogP contribution >= 0.6 is 23.1 Å². The Hall–Kier alpha value is -3.38. The number of ether oxygens (including phenoxy) is 1. The molecule has 0 radical (unpaired) electrons. The normalized spacial score (nSPS) is 12.9. The molecule has 3 aromatic rings. The van der Waals surface area contributed by atoms with Crippen LogP contribution in [-0.4, -0.2) is 47.4 Å². The number of amides is 2. The number of hydrogen-bond donors (Lipinski definition) is 1. The third-order valence-corrected chi connectivity index (χ3v) is 7.49. The number of hydrogen-bond acceptors (Lipinski definition) is 9. The molecule has 0 unspecified atom stereocenters. The van der Waals surface area contributed by atoms with Gasteiger partial charge in [-0.2, -0.15) is 0 Å². The van der Waals surface area contributed by atoms with Crippen molar-refractivity contribution in [1.29, 1.82) is 0 Å². The van der Waals surface area contributed by atoms with Crippen LogP contribution in [0, 0.1) is 6.92 Å². The first kappa shape index (κ1) is 23.8. The van der Waals surface area contributed by atoms with E-state index in [1.807, 2.05) is 19.1 Å². The van der Waals surface area contributed by atoms with Crippen molar-refractivity contribution in [1.82, 2.24) is 10.2 Å². The number of thiophene rings is 1. The Bertz CT molecular complexity index is 1250. The highest BCUT2D eigenvalue weighted by molar-refractivity contribution is 7.99. The van der Waals surface area contributed by atoms with Gasteiger partial charge in [-0.25, -0.2) is 4.79 Å². The summed E-state index contributed by atoms with van der Waals surface area (Å²) < 4.78 is 11.1. The maximum Gasteiger partial charge on any atom is 0.341 e. The number of methoxy groups -OCH3 is 1. The summed E-state index contributed by atoms with van der Waals surface area (Å²) >= 11 is 2.23. The highest BCUT2D eigenvalue weighted by atomic mass is 32.2. The Balaban J connectivity index is 1.51. The lowest BCUT2D eigenvalue weighted by Gasteiger charge is -2.25. The molecular formula is C22H22N4O6S2. The second-order valence-electron chi connectivity index (χ2n) is 7.64. The zero-order valence-electron chi connectivity index (χ0n) is 18.7. The van der Waals surface area contributed by atoms with Crippen LogP contribution in [0.25, 0.3) is 5.69 Å². The molecule has 3 heterocycles. The third-order valence-electron chi connectivity index (χ3n) is 5.34. The van der Waals surface area contributed by atoms with Crippen molar-refractivity contribution in [2.24, 2.45) is 0 Å². The van der Waals surface area contributed by atoms with Gasteiger partial charge in [-0.05, 0) is 35.4 Å². The molecule has 34 heavy (non-hydrogen) atoms. The van der Waals surface area contributed by atoms with Crippen molar-refractivity contribution in [2.75, 3.05) is 24.7 Å². The molecule has 0 bridgehead atoms. The average Bonchev–Trinajstić information content (AvgIpc) is 3.36. The smallest absolute Gasteiger partial charge is 0.341 e. The fourth-order valence-electron chi connectivity index (χ4n) is 3.59. The predicted octanol–water partition coefficient (Wildman–Crippen LogP) is 1.82. The third kappa shape index (κ3) is 4.77. The molecule has 1 N–H and O–H groups in total. The second-order valence-corrected chi connectivity index (χ2v) is 9.71. The first-order valence-corrected chi connectivity index (χ1v) is 12.2. The van der Waals surface area contributed by atoms with E-state index in [1.54, 1.807) is 17.0 Å². The van der Waals surface area contributed by atoms with Crippen LogP contribution < -0.4 is 15.1 Å². The molecule has 1 aliphatic heterocycles. The number of benzene rings is 1. The lowest BCUT2D eigenvalue weighted by atomic mass is 10.0. The Morgan fingerprint density at radius 3 is 2.74 bits per heavy atom. The number of aromatic nitrogens is 2. The van der Waals surface area contributed by atoms with Gasteiger partial charge in [-0.15, -0.1) is 11.3 Å². The van der Waals surface area contributed by atoms with E-state index < -0.39 is 17.8 Å². The van der Waals surface area contributed by atoms with E-state index >= 15 is 0 Å². The van der Waals surface area contributed by atoms with E-state index in [-0.39, 0.29) is 16.7 Å². The van der Waals surface area contributed by atoms with Gasteiger partial charge in [0.1, 0.15) is 5.00 Å². The SMILES string of the molecule is COC(=O)c1c(NC(=O)CSc2c([O-])on[n+]2-c2ccc(C)cc2)sc2c1CCN(C(C)=O)C2. The Kier molecular flexibility index (Phi) is 6.89. The van der Waals surface area contributed by atoms with Gasteiger partial charge in [0, 0.05) is 30.5 Å². The number of anilines is 1. The number of rotatable bonds is 6. The fourth-order valence-corrected chi connectivity index (χ4v) is 5.61. The van der Waals surface area contributed by atoms with Crippen molar-refractivity contribution < 1.29 is 33.4 Å². The van der Waals surface area contributed by atoms with E-state index in [1.165, 1.54) is 30.1 Å². The summed E-state index contributed by atoms with van der Waals surface area (Å²) in [6.45, 7) is 4.31. The average molecular weight is 503 g/mol. The molecule has 12 heteroatoms. The summed E-state index contributed by atoms with van der Waals surface area (Å²) in [4.78, 5) is 39.5. The molecule has 178 valence electrons. The van der Waals surface area contributed by atoms with Crippen LogP contribution in [0.1, 0.15) is 33.3 Å². The highest BCUT2D eigenvalue weighted by Crippen LogP contribution is 2.38. The summed E-state index contributed by atoms with van der Waals surface area (Å²) in [6, 6.07) is 7.35. The Morgan fingerprint density at radius 2 is 2.06 bits per heavy atom. The molecule has 0 spiro atoms. The quantitative estimate of drug-likeness (QED) is 0.307. The number of thioether (sulfide) groups is 1. The van der Waals surface area contributed by atoms with Crippen LogP contribution in [0.2, 0.25) is 0 Å². The van der Waals surface area contributed by atoms with Crippen LogP contribution in [0.5, 0.6) is 5.95 Å². The molecule has 2 aromatic heterocycles. The zero-order chi connectivity index (χ0) is 24.4. The topological polar surface area (TPSA) is 129 Å². The molecule has 0 fully saturated rings. The number of nitrogens with zero attached hydrogens (tertiary/aromatic N) is 3. The van der Waals surface area contributed by atoms with Crippen molar-refractivity contribution >= 4 is 45.9 Å². The molecule has 0 atom stereocenters. The summed E-state index contributed by atoms with van der Waals surface area (Å²) in [7, 11) is 1.28. The molecule has 10 nitrogen and oxygen atoms in total. The van der Waals surface area contributed by atoms with Gasteiger partial charge in [0.05, 0.1) is 30.2 Å². The molecule has 0 saturated heterocycles. The summed E-state index contributed by atoms with van der Waals surface area (Å²) in [5.74, 6) is -1.76. The number of aryl methyl sites for hydroxylation is 1. The minimum absolute atomic E-state index is 0.0512. The van der Waals surface area contributed by atoms with Gasteiger partial charge in [-0.1, -0.05) is 17.7 Å². The van der Waals surface area contributed by atoms with Gasteiger partial charge < -0.3 is 24.6 Å².